The number of hydrazone groups is 1. The molecule has 29 heavy (non-hydrogen) atoms. The van der Waals surface area contributed by atoms with Gasteiger partial charge in [-0.25, -0.2) is 0 Å². The summed E-state index contributed by atoms with van der Waals surface area (Å²) in [5.74, 6) is 0.884. The number of hydrogen-bond acceptors (Lipinski definition) is 4. The Hall–Kier alpha value is -3.31. The largest absolute Gasteiger partial charge is 0.489 e. The minimum atomic E-state index is -0.635. The van der Waals surface area contributed by atoms with Gasteiger partial charge in [0.15, 0.2) is 0 Å². The van der Waals surface area contributed by atoms with Crippen LogP contribution in [0.5, 0.6) is 5.75 Å². The smallest absolute Gasteiger partial charge is 0.243 e. The van der Waals surface area contributed by atoms with Crippen LogP contribution in [-0.4, -0.2) is 16.8 Å². The Balaban J connectivity index is 1.49. The number of ether oxygens (including phenoxy) is 2. The first kappa shape index (κ1) is 19.0. The van der Waals surface area contributed by atoms with E-state index in [0.717, 1.165) is 16.9 Å². The van der Waals surface area contributed by atoms with Crippen molar-refractivity contribution in [3.63, 3.8) is 0 Å². The van der Waals surface area contributed by atoms with Gasteiger partial charge in [-0.3, -0.25) is 4.79 Å². The molecule has 0 fully saturated rings. The summed E-state index contributed by atoms with van der Waals surface area (Å²) in [7, 11) is 0. The van der Waals surface area contributed by atoms with Crippen LogP contribution >= 0.6 is 11.6 Å². The number of nitrogens with zero attached hydrogens (tertiary/aromatic N) is 2. The van der Waals surface area contributed by atoms with Gasteiger partial charge in [-0.2, -0.15) is 5.01 Å². The fraction of sp³-hybridized carbons (Fsp3) is 0.130. The number of carbonyl (C=O) groups excluding carboxylic acids is 1. The van der Waals surface area contributed by atoms with Crippen molar-refractivity contribution in [2.24, 2.45) is 5.10 Å². The average Bonchev–Trinajstić information content (AvgIpc) is 3.19. The first-order valence-corrected chi connectivity index (χ1v) is 9.55. The first-order chi connectivity index (χ1) is 14.1. The summed E-state index contributed by atoms with van der Waals surface area (Å²) in [6.07, 6.45) is -0.635. The van der Waals surface area contributed by atoms with Gasteiger partial charge in [-0.05, 0) is 48.0 Å². The van der Waals surface area contributed by atoms with Crippen molar-refractivity contribution < 1.29 is 14.3 Å². The zero-order valence-electron chi connectivity index (χ0n) is 15.8. The third-order valence-electron chi connectivity index (χ3n) is 4.45. The number of carbonyl (C=O) groups is 1. The zero-order chi connectivity index (χ0) is 20.2. The highest BCUT2D eigenvalue weighted by Gasteiger charge is 2.33. The second kappa shape index (κ2) is 8.37. The Labute approximate surface area is 174 Å². The van der Waals surface area contributed by atoms with Gasteiger partial charge in [0.05, 0.1) is 0 Å². The third kappa shape index (κ3) is 4.41. The van der Waals surface area contributed by atoms with Crippen molar-refractivity contribution in [3.05, 3.63) is 101 Å². The molecule has 0 bridgehead atoms. The maximum Gasteiger partial charge on any atom is 0.243 e. The molecule has 1 unspecified atom stereocenters. The van der Waals surface area contributed by atoms with E-state index in [1.807, 2.05) is 66.7 Å². The van der Waals surface area contributed by atoms with Gasteiger partial charge in [-0.15, -0.1) is 5.10 Å². The van der Waals surface area contributed by atoms with Crippen LogP contribution in [0.1, 0.15) is 29.8 Å². The number of amides is 1. The summed E-state index contributed by atoms with van der Waals surface area (Å²) in [4.78, 5) is 12.1. The summed E-state index contributed by atoms with van der Waals surface area (Å²) >= 11 is 6.06. The van der Waals surface area contributed by atoms with Crippen molar-refractivity contribution >= 4 is 23.4 Å². The number of hydrogen-bond donors (Lipinski definition) is 0. The van der Waals surface area contributed by atoms with Gasteiger partial charge in [-0.1, -0.05) is 48.0 Å². The van der Waals surface area contributed by atoms with E-state index in [1.165, 1.54) is 11.9 Å². The van der Waals surface area contributed by atoms with Crippen molar-refractivity contribution in [1.82, 2.24) is 5.01 Å². The molecule has 0 aliphatic carbocycles. The summed E-state index contributed by atoms with van der Waals surface area (Å²) in [5, 5.41) is 6.25. The molecule has 0 N–H and O–H groups in total. The maximum absolute atomic E-state index is 12.1. The van der Waals surface area contributed by atoms with Crippen LogP contribution < -0.4 is 4.74 Å². The molecule has 0 radical (unpaired) electrons. The Morgan fingerprint density at radius 1 is 1.07 bits per heavy atom. The third-order valence-corrected chi connectivity index (χ3v) is 4.69. The van der Waals surface area contributed by atoms with Gasteiger partial charge in [0.2, 0.25) is 18.0 Å². The second-order valence-electron chi connectivity index (χ2n) is 6.59. The lowest BCUT2D eigenvalue weighted by molar-refractivity contribution is -0.135. The van der Waals surface area contributed by atoms with Crippen molar-refractivity contribution in [2.45, 2.75) is 19.8 Å². The van der Waals surface area contributed by atoms with Crippen molar-refractivity contribution in [2.75, 3.05) is 0 Å². The minimum Gasteiger partial charge on any atom is -0.489 e. The minimum absolute atomic E-state index is 0.212. The molecule has 3 aromatic carbocycles. The maximum atomic E-state index is 12.1. The normalized spacial score (nSPS) is 15.6. The Morgan fingerprint density at radius 2 is 1.83 bits per heavy atom. The average molecular weight is 407 g/mol. The molecule has 6 heteroatoms. The molecule has 0 saturated carbocycles. The quantitative estimate of drug-likeness (QED) is 0.588. The molecule has 1 heterocycles. The molecular formula is C23H19ClN2O3. The van der Waals surface area contributed by atoms with E-state index in [4.69, 9.17) is 21.1 Å². The number of rotatable bonds is 5. The second-order valence-corrected chi connectivity index (χ2v) is 7.03. The van der Waals surface area contributed by atoms with Gasteiger partial charge < -0.3 is 9.47 Å². The van der Waals surface area contributed by atoms with Crippen LogP contribution in [0.4, 0.5) is 0 Å². The highest BCUT2D eigenvalue weighted by molar-refractivity contribution is 6.31. The lowest BCUT2D eigenvalue weighted by atomic mass is 10.2. The van der Waals surface area contributed by atoms with Crippen LogP contribution in [0.2, 0.25) is 5.02 Å². The summed E-state index contributed by atoms with van der Waals surface area (Å²) in [6.45, 7) is 1.94. The van der Waals surface area contributed by atoms with Gasteiger partial charge in [0, 0.05) is 23.1 Å². The first-order valence-electron chi connectivity index (χ1n) is 9.18. The fourth-order valence-corrected chi connectivity index (χ4v) is 3.18. The summed E-state index contributed by atoms with van der Waals surface area (Å²) in [6, 6.07) is 24.6. The standard InChI is InChI=1S/C23H19ClN2O3/c1-16(27)26-23(29-22(25-26)19-8-5-9-20(24)14-19)18-10-12-21(13-11-18)28-15-17-6-3-2-4-7-17/h2-14,23H,15H2,1H3. The molecule has 5 nitrogen and oxygen atoms in total. The van der Waals surface area contributed by atoms with E-state index in [1.54, 1.807) is 12.1 Å². The van der Waals surface area contributed by atoms with Crippen molar-refractivity contribution in [1.29, 1.82) is 0 Å². The molecule has 1 amide bonds. The van der Waals surface area contributed by atoms with E-state index in [2.05, 4.69) is 5.10 Å². The monoisotopic (exact) mass is 406 g/mol. The van der Waals surface area contributed by atoms with Gasteiger partial charge in [0.1, 0.15) is 12.4 Å². The summed E-state index contributed by atoms with van der Waals surface area (Å²) in [5.41, 5.74) is 2.61. The topological polar surface area (TPSA) is 51.1 Å². The molecule has 4 rings (SSSR count). The molecule has 3 aromatic rings. The molecule has 1 atom stereocenters. The van der Waals surface area contributed by atoms with E-state index in [9.17, 15) is 4.79 Å². The summed E-state index contributed by atoms with van der Waals surface area (Å²) < 4.78 is 11.8. The predicted octanol–water partition coefficient (Wildman–Crippen LogP) is 5.16. The lowest BCUT2D eigenvalue weighted by Gasteiger charge is -2.19. The molecule has 0 aromatic heterocycles. The lowest BCUT2D eigenvalue weighted by Crippen LogP contribution is -2.25. The van der Waals surface area contributed by atoms with Crippen LogP contribution in [-0.2, 0) is 16.1 Å². The Kier molecular flexibility index (Phi) is 5.49. The van der Waals surface area contributed by atoms with E-state index in [0.29, 0.717) is 23.1 Å². The molecule has 1 aliphatic rings. The predicted molar refractivity (Wildman–Crippen MR) is 112 cm³/mol. The van der Waals surface area contributed by atoms with Gasteiger partial charge >= 0.3 is 0 Å². The molecular weight excluding hydrogens is 388 g/mol. The van der Waals surface area contributed by atoms with Crippen LogP contribution in [0, 0.1) is 0 Å². The Bertz CT molecular complexity index is 1040. The number of benzene rings is 3. The Morgan fingerprint density at radius 3 is 2.52 bits per heavy atom. The molecule has 0 spiro atoms. The molecule has 146 valence electrons. The van der Waals surface area contributed by atoms with E-state index < -0.39 is 6.23 Å². The van der Waals surface area contributed by atoms with Crippen LogP contribution in [0.3, 0.4) is 0 Å². The van der Waals surface area contributed by atoms with Gasteiger partial charge in [0.25, 0.3) is 0 Å². The van der Waals surface area contributed by atoms with Crippen molar-refractivity contribution in [3.8, 4) is 5.75 Å². The van der Waals surface area contributed by atoms with E-state index in [-0.39, 0.29) is 5.91 Å². The highest BCUT2D eigenvalue weighted by Crippen LogP contribution is 2.31. The van der Waals surface area contributed by atoms with E-state index >= 15 is 0 Å². The fourth-order valence-electron chi connectivity index (χ4n) is 2.99. The van der Waals surface area contributed by atoms with Crippen LogP contribution in [0.25, 0.3) is 0 Å². The highest BCUT2D eigenvalue weighted by atomic mass is 35.5. The molecule has 1 aliphatic heterocycles. The SMILES string of the molecule is CC(=O)N1N=C(c2cccc(Cl)c2)OC1c1ccc(OCc2ccccc2)cc1. The van der Waals surface area contributed by atoms with Crippen LogP contribution in [0.15, 0.2) is 84.0 Å². The zero-order valence-corrected chi connectivity index (χ0v) is 16.5. The number of halogens is 1. The molecule has 0 saturated heterocycles.